The highest BCUT2D eigenvalue weighted by Gasteiger charge is 2.32. The second-order valence-corrected chi connectivity index (χ2v) is 4.39. The van der Waals surface area contributed by atoms with Crippen molar-refractivity contribution in [1.29, 1.82) is 0 Å². The lowest BCUT2D eigenvalue weighted by molar-refractivity contribution is -0.141. The molecule has 2 rings (SSSR count). The summed E-state index contributed by atoms with van der Waals surface area (Å²) in [5.74, 6) is -0.426. The van der Waals surface area contributed by atoms with E-state index in [1.807, 2.05) is 0 Å². The van der Waals surface area contributed by atoms with Gasteiger partial charge in [0, 0.05) is 18.7 Å². The maximum absolute atomic E-state index is 13.7. The predicted octanol–water partition coefficient (Wildman–Crippen LogP) is 3.31. The van der Waals surface area contributed by atoms with Crippen LogP contribution in [0.3, 0.4) is 0 Å². The molecule has 0 aliphatic heterocycles. The van der Waals surface area contributed by atoms with Gasteiger partial charge in [-0.05, 0) is 23.8 Å². The highest BCUT2D eigenvalue weighted by molar-refractivity contribution is 5.37. The molecule has 0 saturated carbocycles. The highest BCUT2D eigenvalue weighted by atomic mass is 19.4. The third kappa shape index (κ3) is 3.91. The first-order chi connectivity index (χ1) is 9.90. The number of rotatable bonds is 4. The summed E-state index contributed by atoms with van der Waals surface area (Å²) in [4.78, 5) is 3.44. The highest BCUT2D eigenvalue weighted by Crippen LogP contribution is 2.28. The molecule has 0 unspecified atom stereocenters. The van der Waals surface area contributed by atoms with Crippen molar-refractivity contribution in [2.45, 2.75) is 19.3 Å². The van der Waals surface area contributed by atoms with E-state index in [4.69, 9.17) is 5.73 Å². The van der Waals surface area contributed by atoms with E-state index in [9.17, 15) is 17.6 Å². The molecule has 1 aromatic carbocycles. The smallest absolute Gasteiger partial charge is 0.366 e. The summed E-state index contributed by atoms with van der Waals surface area (Å²) in [7, 11) is 0. The Morgan fingerprint density at radius 2 is 1.90 bits per heavy atom. The van der Waals surface area contributed by atoms with Crippen LogP contribution in [0.25, 0.3) is 0 Å². The topological polar surface area (TPSA) is 50.9 Å². The van der Waals surface area contributed by atoms with Crippen molar-refractivity contribution >= 4 is 5.82 Å². The number of aromatic nitrogens is 1. The van der Waals surface area contributed by atoms with E-state index < -0.39 is 17.7 Å². The van der Waals surface area contributed by atoms with Gasteiger partial charge < -0.3 is 11.1 Å². The van der Waals surface area contributed by atoms with Crippen molar-refractivity contribution in [3.63, 3.8) is 0 Å². The van der Waals surface area contributed by atoms with Gasteiger partial charge in [-0.25, -0.2) is 9.37 Å². The van der Waals surface area contributed by atoms with E-state index >= 15 is 0 Å². The Morgan fingerprint density at radius 3 is 2.52 bits per heavy atom. The van der Waals surface area contributed by atoms with Crippen LogP contribution in [0.5, 0.6) is 0 Å². The van der Waals surface area contributed by atoms with Gasteiger partial charge in [0.1, 0.15) is 17.3 Å². The zero-order valence-electron chi connectivity index (χ0n) is 10.9. The van der Waals surface area contributed by atoms with Gasteiger partial charge in [-0.1, -0.05) is 18.2 Å². The van der Waals surface area contributed by atoms with Crippen LogP contribution in [-0.2, 0) is 19.3 Å². The lowest BCUT2D eigenvalue weighted by Gasteiger charge is -2.10. The maximum Gasteiger partial charge on any atom is 0.433 e. The molecule has 3 nitrogen and oxygen atoms in total. The maximum atomic E-state index is 13.7. The minimum absolute atomic E-state index is 0.0327. The zero-order valence-corrected chi connectivity index (χ0v) is 10.9. The summed E-state index contributed by atoms with van der Waals surface area (Å²) in [5, 5.41) is 2.67. The average molecular weight is 299 g/mol. The molecule has 2 aromatic rings. The third-order valence-electron chi connectivity index (χ3n) is 2.85. The first-order valence-corrected chi connectivity index (χ1v) is 6.15. The van der Waals surface area contributed by atoms with Crippen molar-refractivity contribution in [2.75, 3.05) is 5.32 Å². The molecular weight excluding hydrogens is 286 g/mol. The number of hydrogen-bond acceptors (Lipinski definition) is 3. The van der Waals surface area contributed by atoms with Crippen molar-refractivity contribution in [1.82, 2.24) is 4.98 Å². The molecule has 7 heteroatoms. The molecule has 0 radical (unpaired) electrons. The predicted molar refractivity (Wildman–Crippen MR) is 70.9 cm³/mol. The summed E-state index contributed by atoms with van der Waals surface area (Å²) in [6, 6.07) is 8.02. The average Bonchev–Trinajstić information content (AvgIpc) is 2.45. The van der Waals surface area contributed by atoms with Crippen LogP contribution in [-0.4, -0.2) is 4.98 Å². The summed E-state index contributed by atoms with van der Waals surface area (Å²) in [6.07, 6.45) is -4.51. The SMILES string of the molecule is NCc1ccc(CNc2cccc(C(F)(F)F)n2)c(F)c1. The summed E-state index contributed by atoms with van der Waals surface area (Å²) in [6.45, 7) is 0.255. The number of anilines is 1. The van der Waals surface area contributed by atoms with Crippen molar-refractivity contribution in [2.24, 2.45) is 5.73 Å². The van der Waals surface area contributed by atoms with Crippen LogP contribution in [0.4, 0.5) is 23.4 Å². The molecule has 0 aliphatic rings. The van der Waals surface area contributed by atoms with E-state index in [-0.39, 0.29) is 18.9 Å². The van der Waals surface area contributed by atoms with Gasteiger partial charge >= 0.3 is 6.18 Å². The van der Waals surface area contributed by atoms with Crippen molar-refractivity contribution in [3.8, 4) is 0 Å². The van der Waals surface area contributed by atoms with E-state index in [1.54, 1.807) is 6.07 Å². The number of nitrogens with one attached hydrogen (secondary N) is 1. The van der Waals surface area contributed by atoms with Crippen molar-refractivity contribution in [3.05, 3.63) is 59.0 Å². The molecule has 112 valence electrons. The number of nitrogens with two attached hydrogens (primary N) is 1. The first-order valence-electron chi connectivity index (χ1n) is 6.15. The molecule has 21 heavy (non-hydrogen) atoms. The number of halogens is 4. The largest absolute Gasteiger partial charge is 0.433 e. The Bertz CT molecular complexity index is 626. The minimum Gasteiger partial charge on any atom is -0.366 e. The van der Waals surface area contributed by atoms with Gasteiger partial charge in [-0.3, -0.25) is 0 Å². The number of pyridine rings is 1. The number of hydrogen-bond donors (Lipinski definition) is 2. The van der Waals surface area contributed by atoms with Gasteiger partial charge in [-0.15, -0.1) is 0 Å². The fraction of sp³-hybridized carbons (Fsp3) is 0.214. The minimum atomic E-state index is -4.51. The molecule has 0 spiro atoms. The standard InChI is InChI=1S/C14H13F4N3/c15-11-6-9(7-19)4-5-10(11)8-20-13-3-1-2-12(21-13)14(16,17)18/h1-6H,7-8,19H2,(H,20,21). The molecule has 1 heterocycles. The Hall–Kier alpha value is -2.15. The molecule has 0 fully saturated rings. The Morgan fingerprint density at radius 1 is 1.14 bits per heavy atom. The fourth-order valence-electron chi connectivity index (χ4n) is 1.74. The molecule has 0 amide bonds. The molecule has 0 bridgehead atoms. The van der Waals surface area contributed by atoms with Gasteiger partial charge in [0.15, 0.2) is 0 Å². The normalized spacial score (nSPS) is 11.5. The second-order valence-electron chi connectivity index (χ2n) is 4.39. The molecular formula is C14H13F4N3. The summed E-state index contributed by atoms with van der Waals surface area (Å²) in [5.41, 5.74) is 5.37. The van der Waals surface area contributed by atoms with E-state index in [2.05, 4.69) is 10.3 Å². The summed E-state index contributed by atoms with van der Waals surface area (Å²) >= 11 is 0. The lowest BCUT2D eigenvalue weighted by Crippen LogP contribution is -2.10. The molecule has 0 aliphatic carbocycles. The molecule has 0 saturated heterocycles. The van der Waals surface area contributed by atoms with E-state index in [1.165, 1.54) is 24.3 Å². The Kier molecular flexibility index (Phi) is 4.42. The third-order valence-corrected chi connectivity index (χ3v) is 2.85. The van der Waals surface area contributed by atoms with Gasteiger partial charge in [0.05, 0.1) is 0 Å². The number of nitrogens with zero attached hydrogens (tertiary/aromatic N) is 1. The number of alkyl halides is 3. The second kappa shape index (κ2) is 6.09. The lowest BCUT2D eigenvalue weighted by atomic mass is 10.1. The molecule has 3 N–H and O–H groups in total. The van der Waals surface area contributed by atoms with Gasteiger partial charge in [0.2, 0.25) is 0 Å². The summed E-state index contributed by atoms with van der Waals surface area (Å²) < 4.78 is 51.3. The van der Waals surface area contributed by atoms with E-state index in [0.29, 0.717) is 11.1 Å². The van der Waals surface area contributed by atoms with Crippen LogP contribution in [0, 0.1) is 5.82 Å². The van der Waals surface area contributed by atoms with Crippen LogP contribution >= 0.6 is 0 Å². The van der Waals surface area contributed by atoms with Crippen LogP contribution < -0.4 is 11.1 Å². The number of benzene rings is 1. The van der Waals surface area contributed by atoms with E-state index in [0.717, 1.165) is 6.07 Å². The Labute approximate surface area is 118 Å². The van der Waals surface area contributed by atoms with Crippen LogP contribution in [0.15, 0.2) is 36.4 Å². The van der Waals surface area contributed by atoms with Crippen LogP contribution in [0.2, 0.25) is 0 Å². The molecule has 1 aromatic heterocycles. The quantitative estimate of drug-likeness (QED) is 0.852. The van der Waals surface area contributed by atoms with Gasteiger partial charge in [0.25, 0.3) is 0 Å². The first kappa shape index (κ1) is 15.2. The zero-order chi connectivity index (χ0) is 15.5. The van der Waals surface area contributed by atoms with Gasteiger partial charge in [-0.2, -0.15) is 13.2 Å². The molecule has 0 atom stereocenters. The monoisotopic (exact) mass is 299 g/mol. The fourth-order valence-corrected chi connectivity index (χ4v) is 1.74. The van der Waals surface area contributed by atoms with Crippen LogP contribution in [0.1, 0.15) is 16.8 Å². The Balaban J connectivity index is 2.10. The van der Waals surface area contributed by atoms with Crippen molar-refractivity contribution < 1.29 is 17.6 Å².